The molecule has 120 valence electrons. The van der Waals surface area contributed by atoms with Gasteiger partial charge in [0.15, 0.2) is 0 Å². The van der Waals surface area contributed by atoms with Gasteiger partial charge in [0.05, 0.1) is 17.2 Å². The largest absolute Gasteiger partial charge is 0.477 e. The monoisotopic (exact) mass is 325 g/mol. The third kappa shape index (κ3) is 3.67. The second-order valence-electron chi connectivity index (χ2n) is 5.87. The summed E-state index contributed by atoms with van der Waals surface area (Å²) < 4.78 is 19.5. The van der Waals surface area contributed by atoms with Crippen LogP contribution >= 0.6 is 11.6 Å². The van der Waals surface area contributed by atoms with Gasteiger partial charge in [0.2, 0.25) is 5.90 Å². The Kier molecular flexibility index (Phi) is 5.57. The molecule has 1 saturated carbocycles. The highest BCUT2D eigenvalue weighted by atomic mass is 35.5. The van der Waals surface area contributed by atoms with E-state index in [1.54, 1.807) is 13.0 Å². The Morgan fingerprint density at radius 1 is 1.36 bits per heavy atom. The molecule has 0 atom stereocenters. The first-order valence-electron chi connectivity index (χ1n) is 7.68. The van der Waals surface area contributed by atoms with Crippen LogP contribution in [0.2, 0.25) is 5.02 Å². The Hall–Kier alpha value is -1.42. The van der Waals surface area contributed by atoms with E-state index in [2.05, 4.69) is 4.99 Å². The number of aliphatic imine (C=N–C) groups is 1. The molecule has 1 amide bonds. The van der Waals surface area contributed by atoms with Crippen LogP contribution in [0.1, 0.15) is 51.5 Å². The van der Waals surface area contributed by atoms with Crippen molar-refractivity contribution >= 4 is 23.4 Å². The van der Waals surface area contributed by atoms with E-state index in [4.69, 9.17) is 16.3 Å². The van der Waals surface area contributed by atoms with Gasteiger partial charge in [-0.1, -0.05) is 43.9 Å². The lowest BCUT2D eigenvalue weighted by Gasteiger charge is -2.30. The van der Waals surface area contributed by atoms with Crippen LogP contribution in [-0.2, 0) is 9.53 Å². The Balaban J connectivity index is 2.36. The van der Waals surface area contributed by atoms with Gasteiger partial charge in [-0.2, -0.15) is 4.99 Å². The summed E-state index contributed by atoms with van der Waals surface area (Å²) in [6, 6.07) is 4.35. The third-order valence-corrected chi connectivity index (χ3v) is 4.45. The zero-order valence-corrected chi connectivity index (χ0v) is 13.8. The molecule has 1 aromatic carbocycles. The standard InChI is InChI=1S/C17H21ClFNO2/c1-3-22-15(14-12(18)8-7-9-13(14)19)20-16(21)17(2)10-5-4-6-11-17/h7-9H,3-6,10-11H2,1-2H3. The molecule has 0 spiro atoms. The fourth-order valence-corrected chi connectivity index (χ4v) is 3.02. The highest BCUT2D eigenvalue weighted by Gasteiger charge is 2.35. The molecule has 0 unspecified atom stereocenters. The minimum absolute atomic E-state index is 0.0256. The van der Waals surface area contributed by atoms with E-state index in [0.29, 0.717) is 0 Å². The molecule has 0 heterocycles. The zero-order valence-electron chi connectivity index (χ0n) is 13.0. The van der Waals surface area contributed by atoms with Gasteiger partial charge in [0.1, 0.15) is 5.82 Å². The summed E-state index contributed by atoms with van der Waals surface area (Å²) in [6.45, 7) is 3.97. The maximum absolute atomic E-state index is 14.1. The van der Waals surface area contributed by atoms with Crippen LogP contribution < -0.4 is 0 Å². The average molecular weight is 326 g/mol. The highest BCUT2D eigenvalue weighted by Crippen LogP contribution is 2.37. The van der Waals surface area contributed by atoms with Gasteiger partial charge >= 0.3 is 0 Å². The van der Waals surface area contributed by atoms with Crippen LogP contribution in [0, 0.1) is 11.2 Å². The third-order valence-electron chi connectivity index (χ3n) is 4.13. The maximum Gasteiger partial charge on any atom is 0.254 e. The molecular weight excluding hydrogens is 305 g/mol. The molecule has 5 heteroatoms. The normalized spacial score (nSPS) is 18.1. The van der Waals surface area contributed by atoms with E-state index in [1.807, 2.05) is 6.92 Å². The summed E-state index contributed by atoms with van der Waals surface area (Å²) in [5, 5.41) is 0.189. The number of hydrogen-bond acceptors (Lipinski definition) is 2. The van der Waals surface area contributed by atoms with Crippen LogP contribution in [-0.4, -0.2) is 18.4 Å². The van der Waals surface area contributed by atoms with Crippen molar-refractivity contribution in [2.24, 2.45) is 10.4 Å². The number of rotatable bonds is 3. The van der Waals surface area contributed by atoms with E-state index in [1.165, 1.54) is 12.1 Å². The first-order chi connectivity index (χ1) is 10.5. The van der Waals surface area contributed by atoms with Crippen LogP contribution in [0.15, 0.2) is 23.2 Å². The van der Waals surface area contributed by atoms with Crippen molar-refractivity contribution < 1.29 is 13.9 Å². The van der Waals surface area contributed by atoms with Crippen molar-refractivity contribution in [1.29, 1.82) is 0 Å². The number of benzene rings is 1. The summed E-state index contributed by atoms with van der Waals surface area (Å²) in [7, 11) is 0. The SMILES string of the molecule is CCOC(=NC(=O)C1(C)CCCCC1)c1c(F)cccc1Cl. The maximum atomic E-state index is 14.1. The van der Waals surface area contributed by atoms with Gasteiger partial charge in [0, 0.05) is 5.41 Å². The van der Waals surface area contributed by atoms with Crippen molar-refractivity contribution in [3.63, 3.8) is 0 Å². The quantitative estimate of drug-likeness (QED) is 0.593. The second kappa shape index (κ2) is 7.23. The molecule has 0 saturated heterocycles. The van der Waals surface area contributed by atoms with Gasteiger partial charge in [-0.05, 0) is 31.9 Å². The van der Waals surface area contributed by atoms with E-state index < -0.39 is 11.2 Å². The second-order valence-corrected chi connectivity index (χ2v) is 6.28. The Morgan fingerprint density at radius 3 is 2.64 bits per heavy atom. The van der Waals surface area contributed by atoms with Crippen molar-refractivity contribution in [2.45, 2.75) is 46.0 Å². The Labute approximate surface area is 135 Å². The summed E-state index contributed by atoms with van der Waals surface area (Å²) in [6.07, 6.45) is 4.79. The predicted octanol–water partition coefficient (Wildman–Crippen LogP) is 4.76. The Bertz CT molecular complexity index is 560. The van der Waals surface area contributed by atoms with Gasteiger partial charge < -0.3 is 4.74 Å². The summed E-state index contributed by atoms with van der Waals surface area (Å²) in [4.78, 5) is 16.7. The van der Waals surface area contributed by atoms with Crippen LogP contribution in [0.4, 0.5) is 4.39 Å². The molecule has 0 aromatic heterocycles. The molecule has 3 nitrogen and oxygen atoms in total. The van der Waals surface area contributed by atoms with Crippen LogP contribution in [0.5, 0.6) is 0 Å². The molecule has 1 aliphatic rings. The molecule has 0 bridgehead atoms. The number of carbonyl (C=O) groups is 1. The molecule has 1 aromatic rings. The first kappa shape index (κ1) is 16.9. The molecule has 0 aliphatic heterocycles. The van der Waals surface area contributed by atoms with Gasteiger partial charge in [-0.25, -0.2) is 4.39 Å². The number of hydrogen-bond donors (Lipinski definition) is 0. The minimum atomic E-state index is -0.540. The van der Waals surface area contributed by atoms with Crippen LogP contribution in [0.25, 0.3) is 0 Å². The van der Waals surface area contributed by atoms with Gasteiger partial charge in [-0.15, -0.1) is 0 Å². The first-order valence-corrected chi connectivity index (χ1v) is 8.06. The number of carbonyl (C=O) groups excluding carboxylic acids is 1. The topological polar surface area (TPSA) is 38.7 Å². The molecule has 1 fully saturated rings. The highest BCUT2D eigenvalue weighted by molar-refractivity contribution is 6.34. The van der Waals surface area contributed by atoms with E-state index in [0.717, 1.165) is 32.1 Å². The number of ether oxygens (including phenoxy) is 1. The zero-order chi connectivity index (χ0) is 16.2. The molecule has 2 rings (SSSR count). The molecule has 22 heavy (non-hydrogen) atoms. The van der Waals surface area contributed by atoms with Crippen molar-refractivity contribution in [1.82, 2.24) is 0 Å². The summed E-state index contributed by atoms with van der Waals surface area (Å²) >= 11 is 6.05. The van der Waals surface area contributed by atoms with Crippen LogP contribution in [0.3, 0.4) is 0 Å². The molecule has 0 radical (unpaired) electrons. The van der Waals surface area contributed by atoms with Gasteiger partial charge in [0.25, 0.3) is 5.91 Å². The number of halogens is 2. The molecule has 1 aliphatic carbocycles. The van der Waals surface area contributed by atoms with Crippen molar-refractivity contribution in [3.8, 4) is 0 Å². The summed E-state index contributed by atoms with van der Waals surface area (Å²) in [5.41, 5.74) is -0.433. The van der Waals surface area contributed by atoms with Crippen molar-refractivity contribution in [3.05, 3.63) is 34.6 Å². The average Bonchev–Trinajstić information content (AvgIpc) is 2.48. The predicted molar refractivity (Wildman–Crippen MR) is 85.8 cm³/mol. The fraction of sp³-hybridized carbons (Fsp3) is 0.529. The molecular formula is C17H21ClFNO2. The van der Waals surface area contributed by atoms with E-state index >= 15 is 0 Å². The van der Waals surface area contributed by atoms with Crippen molar-refractivity contribution in [2.75, 3.05) is 6.61 Å². The smallest absolute Gasteiger partial charge is 0.254 e. The molecule has 0 N–H and O–H groups in total. The Morgan fingerprint density at radius 2 is 2.05 bits per heavy atom. The minimum Gasteiger partial charge on any atom is -0.477 e. The fourth-order valence-electron chi connectivity index (χ4n) is 2.77. The van der Waals surface area contributed by atoms with Gasteiger partial charge in [-0.3, -0.25) is 4.79 Å². The van der Waals surface area contributed by atoms with E-state index in [-0.39, 0.29) is 29.0 Å². The summed E-state index contributed by atoms with van der Waals surface area (Å²) in [5.74, 6) is -0.821. The lowest BCUT2D eigenvalue weighted by Crippen LogP contribution is -2.30. The van der Waals surface area contributed by atoms with E-state index in [9.17, 15) is 9.18 Å². The lowest BCUT2D eigenvalue weighted by molar-refractivity contribution is -0.128. The lowest BCUT2D eigenvalue weighted by atomic mass is 9.75. The number of nitrogens with zero attached hydrogens (tertiary/aromatic N) is 1. The number of amides is 1.